The highest BCUT2D eigenvalue weighted by Gasteiger charge is 2.42. The molecule has 1 fully saturated rings. The van der Waals surface area contributed by atoms with E-state index in [4.69, 9.17) is 4.74 Å². The van der Waals surface area contributed by atoms with Crippen molar-refractivity contribution in [1.82, 2.24) is 4.90 Å². The van der Waals surface area contributed by atoms with E-state index in [1.54, 1.807) is 23.1 Å². The zero-order valence-electron chi connectivity index (χ0n) is 21.6. The molecular weight excluding hydrogens is 528 g/mol. The van der Waals surface area contributed by atoms with Crippen molar-refractivity contribution in [2.75, 3.05) is 13.1 Å². The first-order valence-electron chi connectivity index (χ1n) is 12.9. The van der Waals surface area contributed by atoms with Crippen molar-refractivity contribution in [2.45, 2.75) is 76.1 Å². The lowest BCUT2D eigenvalue weighted by Gasteiger charge is -2.39. The first-order valence-corrected chi connectivity index (χ1v) is 12.9. The first kappa shape index (κ1) is 29.2. The van der Waals surface area contributed by atoms with Crippen molar-refractivity contribution in [3.63, 3.8) is 0 Å². The minimum atomic E-state index is -4.79. The van der Waals surface area contributed by atoms with E-state index < -0.39 is 58.7 Å². The average molecular weight is 560 g/mol. The summed E-state index contributed by atoms with van der Waals surface area (Å²) in [5, 5.41) is 19.7. The number of halogens is 6. The van der Waals surface area contributed by atoms with Gasteiger partial charge in [-0.1, -0.05) is 12.1 Å². The van der Waals surface area contributed by atoms with E-state index in [1.807, 2.05) is 0 Å². The van der Waals surface area contributed by atoms with Gasteiger partial charge in [0.15, 0.2) is 0 Å². The maximum atomic E-state index is 13.7. The minimum absolute atomic E-state index is 0.322. The highest BCUT2D eigenvalue weighted by Crippen LogP contribution is 2.44. The molecule has 0 aliphatic carbocycles. The number of benzene rings is 2. The van der Waals surface area contributed by atoms with Crippen molar-refractivity contribution < 1.29 is 46.1 Å². The molecular formula is C28H31F6NO4. The zero-order chi connectivity index (χ0) is 28.8. The van der Waals surface area contributed by atoms with E-state index in [0.717, 1.165) is 5.56 Å². The Morgan fingerprint density at radius 2 is 1.69 bits per heavy atom. The van der Waals surface area contributed by atoms with Crippen LogP contribution in [0.3, 0.4) is 0 Å². The van der Waals surface area contributed by atoms with Crippen LogP contribution < -0.4 is 4.74 Å². The fourth-order valence-corrected chi connectivity index (χ4v) is 5.59. The molecule has 2 heterocycles. The Labute approximate surface area is 222 Å². The lowest BCUT2D eigenvalue weighted by atomic mass is 9.84. The molecule has 2 aromatic carbocycles. The molecule has 11 heteroatoms. The van der Waals surface area contributed by atoms with Gasteiger partial charge in [-0.3, -0.25) is 9.69 Å². The molecule has 2 N–H and O–H groups in total. The van der Waals surface area contributed by atoms with E-state index in [-0.39, 0.29) is 0 Å². The van der Waals surface area contributed by atoms with E-state index in [2.05, 4.69) is 0 Å². The third-order valence-electron chi connectivity index (χ3n) is 8.09. The number of carboxylic acid groups (broad SMARTS) is 1. The summed E-state index contributed by atoms with van der Waals surface area (Å²) in [6.07, 6.45) is -7.84. The molecule has 214 valence electrons. The van der Waals surface area contributed by atoms with Gasteiger partial charge in [0, 0.05) is 12.6 Å². The Bertz CT molecular complexity index is 1210. The van der Waals surface area contributed by atoms with Crippen molar-refractivity contribution in [1.29, 1.82) is 0 Å². The second-order valence-corrected chi connectivity index (χ2v) is 10.6. The number of hydrogen-bond acceptors (Lipinski definition) is 4. The van der Waals surface area contributed by atoms with Crippen LogP contribution in [-0.4, -0.2) is 39.8 Å². The van der Waals surface area contributed by atoms with Gasteiger partial charge in [-0.15, -0.1) is 0 Å². The number of hydrogen-bond donors (Lipinski definition) is 2. The van der Waals surface area contributed by atoms with Crippen molar-refractivity contribution in [2.24, 2.45) is 5.92 Å². The molecule has 2 aliphatic rings. The number of aliphatic hydroxyl groups is 1. The van der Waals surface area contributed by atoms with Crippen LogP contribution in [0.1, 0.15) is 79.5 Å². The van der Waals surface area contributed by atoms with Crippen molar-refractivity contribution >= 4 is 5.97 Å². The molecule has 1 unspecified atom stereocenters. The first-order chi connectivity index (χ1) is 18.1. The van der Waals surface area contributed by atoms with Crippen molar-refractivity contribution in [3.05, 3.63) is 64.2 Å². The third-order valence-corrected chi connectivity index (χ3v) is 8.09. The molecule has 2 aliphatic heterocycles. The normalized spacial score (nSPS) is 22.9. The van der Waals surface area contributed by atoms with Gasteiger partial charge in [-0.25, -0.2) is 0 Å². The van der Waals surface area contributed by atoms with Gasteiger partial charge in [0.05, 0.1) is 23.1 Å². The smallest absolute Gasteiger partial charge is 0.416 e. The van der Waals surface area contributed by atoms with E-state index >= 15 is 0 Å². The van der Waals surface area contributed by atoms with E-state index in [1.165, 1.54) is 13.8 Å². The quantitative estimate of drug-likeness (QED) is 0.395. The van der Waals surface area contributed by atoms with Gasteiger partial charge in [0.25, 0.3) is 0 Å². The molecule has 39 heavy (non-hydrogen) atoms. The summed E-state index contributed by atoms with van der Waals surface area (Å²) in [7, 11) is 0. The summed E-state index contributed by atoms with van der Waals surface area (Å²) >= 11 is 0. The van der Waals surface area contributed by atoms with Crippen LogP contribution in [0.2, 0.25) is 0 Å². The van der Waals surface area contributed by atoms with Crippen LogP contribution in [0.5, 0.6) is 5.75 Å². The van der Waals surface area contributed by atoms with Crippen LogP contribution in [0.4, 0.5) is 26.3 Å². The number of aryl methyl sites for hydroxylation is 1. The van der Waals surface area contributed by atoms with E-state index in [9.17, 15) is 41.4 Å². The SMILES string of the molecule is C[C@H](C(=O)O)[C@@H](O)c1ccc2c(c1)OC1(CCCN([C@@H](C)c3cc(C(F)(F)F)ccc3C(F)(F)F)CC1)CC2. The summed E-state index contributed by atoms with van der Waals surface area (Å²) in [4.78, 5) is 13.1. The Morgan fingerprint density at radius 1 is 0.974 bits per heavy atom. The number of carbonyl (C=O) groups is 1. The molecule has 4 atom stereocenters. The number of aliphatic carboxylic acids is 1. The molecule has 4 rings (SSSR count). The molecule has 5 nitrogen and oxygen atoms in total. The van der Waals surface area contributed by atoms with Crippen LogP contribution in [-0.2, 0) is 23.6 Å². The summed E-state index contributed by atoms with van der Waals surface area (Å²) in [6, 6.07) is 5.78. The number of aliphatic hydroxyl groups excluding tert-OH is 1. The maximum Gasteiger partial charge on any atom is 0.416 e. The van der Waals surface area contributed by atoms with Gasteiger partial charge >= 0.3 is 18.3 Å². The maximum absolute atomic E-state index is 13.7. The number of fused-ring (bicyclic) bond motifs is 1. The molecule has 1 spiro atoms. The fourth-order valence-electron chi connectivity index (χ4n) is 5.59. The predicted octanol–water partition coefficient (Wildman–Crippen LogP) is 6.79. The Hall–Kier alpha value is -2.79. The van der Waals surface area contributed by atoms with Gasteiger partial charge in [-0.05, 0) is 93.5 Å². The Balaban J connectivity index is 1.55. The number of likely N-dealkylation sites (tertiary alicyclic amines) is 1. The van der Waals surface area contributed by atoms with Gasteiger partial charge in [0.1, 0.15) is 11.4 Å². The molecule has 1 saturated heterocycles. The number of alkyl halides is 6. The summed E-state index contributed by atoms with van der Waals surface area (Å²) < 4.78 is 87.6. The van der Waals surface area contributed by atoms with Crippen LogP contribution in [0.15, 0.2) is 36.4 Å². The largest absolute Gasteiger partial charge is 0.487 e. The third kappa shape index (κ3) is 6.19. The lowest BCUT2D eigenvalue weighted by molar-refractivity contribution is -0.145. The fraction of sp³-hybridized carbons (Fsp3) is 0.536. The predicted molar refractivity (Wildman–Crippen MR) is 130 cm³/mol. The monoisotopic (exact) mass is 559 g/mol. The second-order valence-electron chi connectivity index (χ2n) is 10.6. The van der Waals surface area contributed by atoms with Crippen molar-refractivity contribution in [3.8, 4) is 5.75 Å². The minimum Gasteiger partial charge on any atom is -0.487 e. The number of rotatable bonds is 5. The van der Waals surface area contributed by atoms with Crippen LogP contribution in [0, 0.1) is 5.92 Å². The average Bonchev–Trinajstić information content (AvgIpc) is 3.07. The number of nitrogens with zero attached hydrogens (tertiary/aromatic N) is 1. The molecule has 0 radical (unpaired) electrons. The molecule has 0 aromatic heterocycles. The highest BCUT2D eigenvalue weighted by atomic mass is 19.4. The molecule has 2 aromatic rings. The van der Waals surface area contributed by atoms with Gasteiger partial charge in [0.2, 0.25) is 0 Å². The van der Waals surface area contributed by atoms with Gasteiger partial charge in [-0.2, -0.15) is 26.3 Å². The zero-order valence-corrected chi connectivity index (χ0v) is 21.6. The highest BCUT2D eigenvalue weighted by molar-refractivity contribution is 5.70. The summed E-state index contributed by atoms with van der Waals surface area (Å²) in [5.74, 6) is -1.62. The molecule has 0 saturated carbocycles. The molecule has 0 bridgehead atoms. The van der Waals surface area contributed by atoms with Crippen LogP contribution >= 0.6 is 0 Å². The Morgan fingerprint density at radius 3 is 2.33 bits per heavy atom. The van der Waals surface area contributed by atoms with Gasteiger partial charge < -0.3 is 14.9 Å². The summed E-state index contributed by atoms with van der Waals surface area (Å²) in [5.41, 5.74) is -1.90. The number of carboxylic acids is 1. The lowest BCUT2D eigenvalue weighted by Crippen LogP contribution is -2.41. The number of ether oxygens (including phenoxy) is 1. The molecule has 0 amide bonds. The van der Waals surface area contributed by atoms with E-state index in [0.29, 0.717) is 74.7 Å². The second kappa shape index (κ2) is 10.6. The topological polar surface area (TPSA) is 70.0 Å². The Kier molecular flexibility index (Phi) is 7.97. The van der Waals surface area contributed by atoms with Crippen LogP contribution in [0.25, 0.3) is 0 Å². The summed E-state index contributed by atoms with van der Waals surface area (Å²) in [6.45, 7) is 3.62. The standard InChI is InChI=1S/C28H31F6NO4/c1-16(25(37)38)24(36)19-5-4-18-8-10-26(39-23(18)14-19)9-3-12-35(13-11-26)17(2)21-15-20(27(29,30)31)6-7-22(21)28(32,33)34/h4-7,14-17,24,36H,3,8-13H2,1-2H3,(H,37,38)/t16-,17-,24+,26?/m0/s1.